The van der Waals surface area contributed by atoms with Gasteiger partial charge in [0.2, 0.25) is 0 Å². The topological polar surface area (TPSA) is 99.0 Å². The number of carbonyl (C=O) groups excluding carboxylic acids is 2. The van der Waals surface area contributed by atoms with E-state index in [1.807, 2.05) is 53.7 Å². The van der Waals surface area contributed by atoms with Crippen molar-refractivity contribution in [3.63, 3.8) is 0 Å². The predicted octanol–water partition coefficient (Wildman–Crippen LogP) is 5.99. The van der Waals surface area contributed by atoms with Crippen LogP contribution in [0, 0.1) is 10.1 Å². The molecule has 2 aromatic rings. The summed E-state index contributed by atoms with van der Waals surface area (Å²) < 4.78 is 10.5. The van der Waals surface area contributed by atoms with E-state index in [-0.39, 0.29) is 11.3 Å². The Morgan fingerprint density at radius 3 is 2.30 bits per heavy atom. The molecular formula is C25H28N2O6. The van der Waals surface area contributed by atoms with Crippen molar-refractivity contribution in [2.45, 2.75) is 52.7 Å². The van der Waals surface area contributed by atoms with E-state index in [9.17, 15) is 19.7 Å². The molecule has 0 saturated carbocycles. The summed E-state index contributed by atoms with van der Waals surface area (Å²) in [7, 11) is 1.23. The second-order valence-electron chi connectivity index (χ2n) is 9.51. The molecule has 0 saturated heterocycles. The second kappa shape index (κ2) is 8.35. The van der Waals surface area contributed by atoms with Crippen LogP contribution >= 0.6 is 0 Å². The summed E-state index contributed by atoms with van der Waals surface area (Å²) in [6.45, 7) is 11.3. The molecule has 1 aliphatic heterocycles. The molecule has 8 heteroatoms. The third kappa shape index (κ3) is 4.74. The number of esters is 1. The normalized spacial score (nSPS) is 14.8. The van der Waals surface area contributed by atoms with Gasteiger partial charge in [-0.3, -0.25) is 15.0 Å². The average molecular weight is 453 g/mol. The number of benzene rings is 2. The average Bonchev–Trinajstić information content (AvgIpc) is 2.70. The van der Waals surface area contributed by atoms with Crippen LogP contribution < -0.4 is 4.90 Å². The zero-order valence-electron chi connectivity index (χ0n) is 19.9. The molecule has 174 valence electrons. The highest BCUT2D eigenvalue weighted by Gasteiger charge is 2.38. The minimum Gasteiger partial charge on any atom is -0.465 e. The van der Waals surface area contributed by atoms with Crippen molar-refractivity contribution >= 4 is 29.0 Å². The zero-order valence-corrected chi connectivity index (χ0v) is 19.9. The highest BCUT2D eigenvalue weighted by molar-refractivity contribution is 6.01. The van der Waals surface area contributed by atoms with Crippen molar-refractivity contribution in [3.05, 3.63) is 63.7 Å². The van der Waals surface area contributed by atoms with Crippen LogP contribution in [0.25, 0.3) is 16.7 Å². The first-order valence-electron chi connectivity index (χ1n) is 10.5. The predicted molar refractivity (Wildman–Crippen MR) is 126 cm³/mol. The third-order valence-electron chi connectivity index (χ3n) is 5.31. The van der Waals surface area contributed by atoms with Crippen LogP contribution in [-0.2, 0) is 9.47 Å². The number of nitro benzene ring substituents is 1. The van der Waals surface area contributed by atoms with E-state index in [1.54, 1.807) is 17.0 Å². The largest absolute Gasteiger partial charge is 0.465 e. The summed E-state index contributed by atoms with van der Waals surface area (Å²) in [5.74, 6) is -0.671. The van der Waals surface area contributed by atoms with Gasteiger partial charge in [0.05, 0.1) is 28.8 Å². The van der Waals surface area contributed by atoms with E-state index in [4.69, 9.17) is 9.47 Å². The Morgan fingerprint density at radius 1 is 1.06 bits per heavy atom. The van der Waals surface area contributed by atoms with E-state index < -0.39 is 28.1 Å². The maximum Gasteiger partial charge on any atom is 0.415 e. The van der Waals surface area contributed by atoms with Gasteiger partial charge in [-0.2, -0.15) is 0 Å². The van der Waals surface area contributed by atoms with E-state index in [0.717, 1.165) is 11.1 Å². The lowest BCUT2D eigenvalue weighted by Crippen LogP contribution is -2.50. The second-order valence-corrected chi connectivity index (χ2v) is 9.51. The molecule has 1 amide bonds. The molecule has 0 aliphatic carbocycles. The molecule has 0 bridgehead atoms. The van der Waals surface area contributed by atoms with E-state index >= 15 is 0 Å². The lowest BCUT2D eigenvalue weighted by atomic mass is 9.87. The summed E-state index contributed by atoms with van der Waals surface area (Å²) in [6.07, 6.45) is 1.52. The number of nitrogens with zero attached hydrogens (tertiary/aromatic N) is 2. The quantitative estimate of drug-likeness (QED) is 0.322. The number of rotatable bonds is 3. The van der Waals surface area contributed by atoms with E-state index in [2.05, 4.69) is 0 Å². The Kier molecular flexibility index (Phi) is 6.06. The number of allylic oxidation sites excluding steroid dienone is 1. The van der Waals surface area contributed by atoms with Crippen LogP contribution in [-0.4, -0.2) is 35.2 Å². The molecule has 0 atom stereocenters. The first-order valence-corrected chi connectivity index (χ1v) is 10.5. The smallest absolute Gasteiger partial charge is 0.415 e. The van der Waals surface area contributed by atoms with Gasteiger partial charge in [0, 0.05) is 17.7 Å². The molecule has 2 aromatic carbocycles. The molecule has 0 fully saturated rings. The van der Waals surface area contributed by atoms with Crippen molar-refractivity contribution in [2.75, 3.05) is 12.0 Å². The fourth-order valence-corrected chi connectivity index (χ4v) is 4.01. The number of nitro groups is 1. The standard InChI is InChI=1S/C25H28N2O6/c1-15-14-25(5,6)26(23(29)33-24(2,3)4)21-11-8-16(12-19(15)21)18-10-9-17(27(30)31)13-20(18)22(28)32-7/h8-14H,1-7H3. The Labute approximate surface area is 193 Å². The molecule has 0 aromatic heterocycles. The van der Waals surface area contributed by atoms with E-state index in [1.165, 1.54) is 25.3 Å². The molecule has 0 radical (unpaired) electrons. The van der Waals surface area contributed by atoms with Crippen LogP contribution in [0.5, 0.6) is 0 Å². The molecule has 0 N–H and O–H groups in total. The molecule has 8 nitrogen and oxygen atoms in total. The number of methoxy groups -OCH3 is 1. The molecule has 0 spiro atoms. The maximum atomic E-state index is 13.1. The maximum absolute atomic E-state index is 13.1. The monoisotopic (exact) mass is 452 g/mol. The molecule has 0 unspecified atom stereocenters. The minimum atomic E-state index is -0.671. The molecule has 3 rings (SSSR count). The van der Waals surface area contributed by atoms with Crippen molar-refractivity contribution in [2.24, 2.45) is 0 Å². The highest BCUT2D eigenvalue weighted by atomic mass is 16.6. The van der Waals surface area contributed by atoms with Crippen molar-refractivity contribution in [1.29, 1.82) is 0 Å². The lowest BCUT2D eigenvalue weighted by Gasteiger charge is -2.41. The molecule has 33 heavy (non-hydrogen) atoms. The fourth-order valence-electron chi connectivity index (χ4n) is 4.01. The third-order valence-corrected chi connectivity index (χ3v) is 5.31. The number of ether oxygens (including phenoxy) is 2. The number of non-ortho nitro benzene ring substituents is 1. The van der Waals surface area contributed by atoms with Crippen LogP contribution in [0.4, 0.5) is 16.2 Å². The van der Waals surface area contributed by atoms with Gasteiger partial charge in [0.1, 0.15) is 5.60 Å². The van der Waals surface area contributed by atoms with Crippen LogP contribution in [0.15, 0.2) is 42.5 Å². The zero-order chi connectivity index (χ0) is 24.7. The molecule has 1 aliphatic rings. The van der Waals surface area contributed by atoms with Gasteiger partial charge in [-0.15, -0.1) is 0 Å². The lowest BCUT2D eigenvalue weighted by molar-refractivity contribution is -0.384. The summed E-state index contributed by atoms with van der Waals surface area (Å²) in [4.78, 5) is 37.7. The van der Waals surface area contributed by atoms with Crippen LogP contribution in [0.2, 0.25) is 0 Å². The number of anilines is 1. The fraction of sp³-hybridized carbons (Fsp3) is 0.360. The summed E-state index contributed by atoms with van der Waals surface area (Å²) in [5.41, 5.74) is 2.21. The summed E-state index contributed by atoms with van der Waals surface area (Å²) in [5, 5.41) is 11.2. The number of hydrogen-bond donors (Lipinski definition) is 0. The SMILES string of the molecule is COC(=O)c1cc([N+](=O)[O-])ccc1-c1ccc2c(c1)C(C)=CC(C)(C)N2C(=O)OC(C)(C)C. The van der Waals surface area contributed by atoms with Crippen molar-refractivity contribution < 1.29 is 24.0 Å². The molecular weight excluding hydrogens is 424 g/mol. The van der Waals surface area contributed by atoms with Gasteiger partial charge in [-0.05, 0) is 76.4 Å². The van der Waals surface area contributed by atoms with Crippen molar-refractivity contribution in [3.8, 4) is 11.1 Å². The first-order chi connectivity index (χ1) is 15.2. The van der Waals surface area contributed by atoms with Gasteiger partial charge >= 0.3 is 12.1 Å². The van der Waals surface area contributed by atoms with Gasteiger partial charge in [0.15, 0.2) is 0 Å². The Morgan fingerprint density at radius 2 is 1.73 bits per heavy atom. The Bertz CT molecular complexity index is 1170. The van der Waals surface area contributed by atoms with Gasteiger partial charge in [0.25, 0.3) is 5.69 Å². The van der Waals surface area contributed by atoms with Gasteiger partial charge in [-0.1, -0.05) is 12.1 Å². The highest BCUT2D eigenvalue weighted by Crippen LogP contribution is 2.42. The number of carbonyl (C=O) groups is 2. The van der Waals surface area contributed by atoms with Crippen LogP contribution in [0.3, 0.4) is 0 Å². The number of fused-ring (bicyclic) bond motifs is 1. The minimum absolute atomic E-state index is 0.0911. The van der Waals surface area contributed by atoms with Crippen molar-refractivity contribution in [1.82, 2.24) is 0 Å². The summed E-state index contributed by atoms with van der Waals surface area (Å²) >= 11 is 0. The Balaban J connectivity index is 2.16. The van der Waals surface area contributed by atoms with Gasteiger partial charge < -0.3 is 9.47 Å². The number of amides is 1. The Hall–Kier alpha value is -3.68. The first kappa shape index (κ1) is 24.0. The number of hydrogen-bond acceptors (Lipinski definition) is 6. The summed E-state index contributed by atoms with van der Waals surface area (Å²) in [6, 6.07) is 9.53. The molecule has 1 heterocycles. The van der Waals surface area contributed by atoms with Crippen LogP contribution in [0.1, 0.15) is 57.5 Å². The van der Waals surface area contributed by atoms with E-state index in [0.29, 0.717) is 16.8 Å². The van der Waals surface area contributed by atoms with Gasteiger partial charge in [-0.25, -0.2) is 9.59 Å².